The third-order valence-electron chi connectivity index (χ3n) is 3.38. The molecule has 3 nitrogen and oxygen atoms in total. The summed E-state index contributed by atoms with van der Waals surface area (Å²) in [7, 11) is 0. The van der Waals surface area contributed by atoms with Crippen LogP contribution in [0.2, 0.25) is 0 Å². The molecule has 0 spiro atoms. The SMILES string of the molecule is CCc1ccc(C(=O)[C@@H](C)OC(=O)c2ccc(I)cc2)cc1. The number of benzene rings is 2. The molecule has 0 fully saturated rings. The van der Waals surface area contributed by atoms with E-state index in [-0.39, 0.29) is 5.78 Å². The van der Waals surface area contributed by atoms with Crippen molar-refractivity contribution in [3.05, 3.63) is 68.8 Å². The van der Waals surface area contributed by atoms with Crippen LogP contribution in [0.5, 0.6) is 0 Å². The lowest BCUT2D eigenvalue weighted by Gasteiger charge is -2.12. The highest BCUT2D eigenvalue weighted by molar-refractivity contribution is 14.1. The number of hydrogen-bond donors (Lipinski definition) is 0. The van der Waals surface area contributed by atoms with Gasteiger partial charge in [0.05, 0.1) is 5.56 Å². The summed E-state index contributed by atoms with van der Waals surface area (Å²) in [5, 5.41) is 0. The summed E-state index contributed by atoms with van der Waals surface area (Å²) in [5.74, 6) is -0.677. The van der Waals surface area contributed by atoms with Crippen LogP contribution < -0.4 is 0 Å². The Kier molecular flexibility index (Phi) is 5.71. The number of rotatable bonds is 5. The number of ketones is 1. The molecule has 2 rings (SSSR count). The molecule has 0 N–H and O–H groups in total. The zero-order valence-corrected chi connectivity index (χ0v) is 14.7. The summed E-state index contributed by atoms with van der Waals surface area (Å²) in [6.45, 7) is 3.66. The molecule has 0 radical (unpaired) electrons. The minimum atomic E-state index is -0.806. The molecular formula is C18H17IO3. The molecule has 0 saturated heterocycles. The van der Waals surface area contributed by atoms with Crippen molar-refractivity contribution in [1.29, 1.82) is 0 Å². The Balaban J connectivity index is 2.03. The second-order valence-corrected chi connectivity index (χ2v) is 6.21. The van der Waals surface area contributed by atoms with E-state index in [0.717, 1.165) is 9.99 Å². The third kappa shape index (κ3) is 4.16. The van der Waals surface area contributed by atoms with Crippen LogP contribution in [0.25, 0.3) is 0 Å². The molecular weight excluding hydrogens is 391 g/mol. The van der Waals surface area contributed by atoms with Crippen molar-refractivity contribution in [2.24, 2.45) is 0 Å². The van der Waals surface area contributed by atoms with Crippen molar-refractivity contribution in [1.82, 2.24) is 0 Å². The van der Waals surface area contributed by atoms with Crippen LogP contribution in [-0.2, 0) is 11.2 Å². The van der Waals surface area contributed by atoms with Gasteiger partial charge in [0.1, 0.15) is 0 Å². The lowest BCUT2D eigenvalue weighted by atomic mass is 10.0. The Morgan fingerprint density at radius 3 is 2.09 bits per heavy atom. The molecule has 114 valence electrons. The number of carbonyl (C=O) groups is 2. The maximum absolute atomic E-state index is 12.3. The van der Waals surface area contributed by atoms with E-state index < -0.39 is 12.1 Å². The largest absolute Gasteiger partial charge is 0.451 e. The monoisotopic (exact) mass is 408 g/mol. The van der Waals surface area contributed by atoms with Gasteiger partial charge in [-0.05, 0) is 65.8 Å². The van der Waals surface area contributed by atoms with E-state index in [1.54, 1.807) is 31.2 Å². The number of Topliss-reactive ketones (excluding diaryl/α,β-unsaturated/α-hetero) is 1. The zero-order chi connectivity index (χ0) is 16.1. The number of esters is 1. The van der Waals surface area contributed by atoms with Gasteiger partial charge >= 0.3 is 5.97 Å². The van der Waals surface area contributed by atoms with Gasteiger partial charge in [0, 0.05) is 9.13 Å². The fraction of sp³-hybridized carbons (Fsp3) is 0.222. The number of ether oxygens (including phenoxy) is 1. The minimum absolute atomic E-state index is 0.193. The molecule has 1 atom stereocenters. The average Bonchev–Trinajstić information content (AvgIpc) is 2.54. The van der Waals surface area contributed by atoms with E-state index in [1.165, 1.54) is 5.56 Å². The first-order valence-corrected chi connectivity index (χ1v) is 8.19. The average molecular weight is 408 g/mol. The van der Waals surface area contributed by atoms with Gasteiger partial charge in [0.25, 0.3) is 0 Å². The molecule has 0 aromatic heterocycles. The van der Waals surface area contributed by atoms with Gasteiger partial charge in [-0.1, -0.05) is 31.2 Å². The fourth-order valence-corrected chi connectivity index (χ4v) is 2.37. The van der Waals surface area contributed by atoms with Gasteiger partial charge in [-0.15, -0.1) is 0 Å². The van der Waals surface area contributed by atoms with Crippen molar-refractivity contribution >= 4 is 34.3 Å². The summed E-state index contributed by atoms with van der Waals surface area (Å²) in [4.78, 5) is 24.3. The second kappa shape index (κ2) is 7.54. The maximum Gasteiger partial charge on any atom is 0.338 e. The molecule has 0 aliphatic carbocycles. The van der Waals surface area contributed by atoms with Crippen molar-refractivity contribution in [3.8, 4) is 0 Å². The highest BCUT2D eigenvalue weighted by Crippen LogP contribution is 2.12. The first kappa shape index (κ1) is 16.7. The molecule has 0 bridgehead atoms. The summed E-state index contributed by atoms with van der Waals surface area (Å²) < 4.78 is 6.29. The Hall–Kier alpha value is -1.69. The summed E-state index contributed by atoms with van der Waals surface area (Å²) in [6, 6.07) is 14.4. The van der Waals surface area contributed by atoms with Crippen molar-refractivity contribution in [3.63, 3.8) is 0 Å². The zero-order valence-electron chi connectivity index (χ0n) is 12.5. The van der Waals surface area contributed by atoms with Crippen molar-refractivity contribution in [2.75, 3.05) is 0 Å². The van der Waals surface area contributed by atoms with Crippen LogP contribution in [0.4, 0.5) is 0 Å². The van der Waals surface area contributed by atoms with Gasteiger partial charge in [-0.25, -0.2) is 4.79 Å². The Morgan fingerprint density at radius 2 is 1.55 bits per heavy atom. The highest BCUT2D eigenvalue weighted by atomic mass is 127. The predicted octanol–water partition coefficient (Wildman–Crippen LogP) is 4.28. The van der Waals surface area contributed by atoms with E-state index in [9.17, 15) is 9.59 Å². The lowest BCUT2D eigenvalue weighted by molar-refractivity contribution is 0.0319. The molecule has 0 saturated carbocycles. The van der Waals surface area contributed by atoms with E-state index >= 15 is 0 Å². The van der Waals surface area contributed by atoms with E-state index in [2.05, 4.69) is 29.5 Å². The van der Waals surface area contributed by atoms with Crippen LogP contribution in [0.1, 0.15) is 40.1 Å². The van der Waals surface area contributed by atoms with Crippen LogP contribution >= 0.6 is 22.6 Å². The van der Waals surface area contributed by atoms with Crippen molar-refractivity contribution in [2.45, 2.75) is 26.4 Å². The highest BCUT2D eigenvalue weighted by Gasteiger charge is 2.20. The normalized spacial score (nSPS) is 11.8. The fourth-order valence-electron chi connectivity index (χ4n) is 2.01. The van der Waals surface area contributed by atoms with Gasteiger partial charge in [-0.3, -0.25) is 4.79 Å². The Labute approximate surface area is 143 Å². The van der Waals surface area contributed by atoms with E-state index in [1.807, 2.05) is 24.3 Å². The quantitative estimate of drug-likeness (QED) is 0.422. The number of halogens is 1. The second-order valence-electron chi connectivity index (χ2n) is 4.97. The molecule has 2 aromatic rings. The smallest absolute Gasteiger partial charge is 0.338 e. The molecule has 0 aliphatic rings. The van der Waals surface area contributed by atoms with Gasteiger partial charge in [0.15, 0.2) is 6.10 Å². The number of carbonyl (C=O) groups excluding carboxylic acids is 2. The van der Waals surface area contributed by atoms with Crippen molar-refractivity contribution < 1.29 is 14.3 Å². The van der Waals surface area contributed by atoms with Gasteiger partial charge in [-0.2, -0.15) is 0 Å². The summed E-state index contributed by atoms with van der Waals surface area (Å²) in [6.07, 6.45) is 0.116. The van der Waals surface area contributed by atoms with E-state index in [0.29, 0.717) is 11.1 Å². The summed E-state index contributed by atoms with van der Waals surface area (Å²) in [5.41, 5.74) is 2.17. The molecule has 4 heteroatoms. The molecule has 0 aliphatic heterocycles. The van der Waals surface area contributed by atoms with Gasteiger partial charge < -0.3 is 4.74 Å². The molecule has 22 heavy (non-hydrogen) atoms. The minimum Gasteiger partial charge on any atom is -0.451 e. The van der Waals surface area contributed by atoms with Gasteiger partial charge in [0.2, 0.25) is 5.78 Å². The Bertz CT molecular complexity index is 660. The van der Waals surface area contributed by atoms with Crippen LogP contribution in [0.3, 0.4) is 0 Å². The summed E-state index contributed by atoms with van der Waals surface area (Å²) >= 11 is 2.16. The number of hydrogen-bond acceptors (Lipinski definition) is 3. The number of aryl methyl sites for hydroxylation is 1. The molecule has 0 unspecified atom stereocenters. The predicted molar refractivity (Wildman–Crippen MR) is 94.2 cm³/mol. The topological polar surface area (TPSA) is 43.4 Å². The van der Waals surface area contributed by atoms with Crippen LogP contribution in [-0.4, -0.2) is 17.9 Å². The Morgan fingerprint density at radius 1 is 1.00 bits per heavy atom. The van der Waals surface area contributed by atoms with Crippen LogP contribution in [0, 0.1) is 3.57 Å². The first-order chi connectivity index (χ1) is 10.5. The maximum atomic E-state index is 12.3. The lowest BCUT2D eigenvalue weighted by Crippen LogP contribution is -2.24. The molecule has 0 amide bonds. The first-order valence-electron chi connectivity index (χ1n) is 7.11. The molecule has 2 aromatic carbocycles. The molecule has 0 heterocycles. The standard InChI is InChI=1S/C18H17IO3/c1-3-13-4-6-14(7-5-13)17(20)12(2)22-18(21)15-8-10-16(19)11-9-15/h4-12H,3H2,1-2H3/t12-/m1/s1. The van der Waals surface area contributed by atoms with E-state index in [4.69, 9.17) is 4.74 Å². The third-order valence-corrected chi connectivity index (χ3v) is 4.10. The van der Waals surface area contributed by atoms with Crippen LogP contribution in [0.15, 0.2) is 48.5 Å².